The first-order chi connectivity index (χ1) is 17.1. The fraction of sp³-hybridized carbons (Fsp3) is 0.103. The quantitative estimate of drug-likeness (QED) is 0.183. The fourth-order valence-electron chi connectivity index (χ4n) is 3.87. The second-order valence-electron chi connectivity index (χ2n) is 8.29. The molecule has 0 aliphatic rings. The van der Waals surface area contributed by atoms with Crippen molar-refractivity contribution in [2.75, 3.05) is 0 Å². The molecule has 0 aromatic heterocycles. The smallest absolute Gasteiger partial charge is 0.194 e. The Bertz CT molecular complexity index is 1390. The monoisotopic (exact) mass is 500 g/mol. The van der Waals surface area contributed by atoms with Crippen LogP contribution in [-0.2, 0) is 12.8 Å². The minimum absolute atomic E-state index is 0.0250. The van der Waals surface area contributed by atoms with Gasteiger partial charge in [-0.05, 0) is 71.8 Å². The summed E-state index contributed by atoms with van der Waals surface area (Å²) in [6, 6.07) is 16.2. The van der Waals surface area contributed by atoms with E-state index in [4.69, 9.17) is 0 Å². The second kappa shape index (κ2) is 10.4. The van der Waals surface area contributed by atoms with E-state index in [1.807, 2.05) is 0 Å². The average Bonchev–Trinajstić information content (AvgIpc) is 2.86. The van der Waals surface area contributed by atoms with E-state index in [1.165, 1.54) is 36.4 Å². The Hall–Kier alpha value is -3.87. The van der Waals surface area contributed by atoms with Crippen LogP contribution in [-0.4, -0.2) is 0 Å². The van der Waals surface area contributed by atoms with E-state index >= 15 is 0 Å². The summed E-state index contributed by atoms with van der Waals surface area (Å²) in [5.74, 6) is -7.57. The van der Waals surface area contributed by atoms with Crippen LogP contribution in [0.3, 0.4) is 0 Å². The second-order valence-corrected chi connectivity index (χ2v) is 8.29. The molecular formula is C29H19F7. The van der Waals surface area contributed by atoms with Gasteiger partial charge in [-0.25, -0.2) is 30.7 Å². The molecule has 0 bridgehead atoms. The maximum Gasteiger partial charge on any atom is 0.194 e. The van der Waals surface area contributed by atoms with Gasteiger partial charge in [-0.2, -0.15) is 0 Å². The minimum atomic E-state index is -1.54. The number of hydrogen-bond acceptors (Lipinski definition) is 0. The number of halogens is 7. The van der Waals surface area contributed by atoms with Gasteiger partial charge in [0.15, 0.2) is 23.3 Å². The largest absolute Gasteiger partial charge is 0.209 e. The highest BCUT2D eigenvalue weighted by Gasteiger charge is 2.14. The van der Waals surface area contributed by atoms with Crippen LogP contribution in [0.25, 0.3) is 28.1 Å². The molecule has 4 aromatic carbocycles. The molecule has 7 heteroatoms. The molecule has 4 rings (SSSR count). The van der Waals surface area contributed by atoms with Gasteiger partial charge < -0.3 is 0 Å². The summed E-state index contributed by atoms with van der Waals surface area (Å²) in [7, 11) is 0. The lowest BCUT2D eigenvalue weighted by Crippen LogP contribution is -2.00. The average molecular weight is 500 g/mol. The molecule has 36 heavy (non-hydrogen) atoms. The predicted octanol–water partition coefficient (Wildman–Crippen LogP) is 9.13. The van der Waals surface area contributed by atoms with Crippen LogP contribution in [0.5, 0.6) is 0 Å². The van der Waals surface area contributed by atoms with E-state index in [1.54, 1.807) is 24.3 Å². The van der Waals surface area contributed by atoms with Gasteiger partial charge in [0.1, 0.15) is 17.5 Å². The normalized spacial score (nSPS) is 12.0. The summed E-state index contributed by atoms with van der Waals surface area (Å²) in [5, 5.41) is 0. The highest BCUT2D eigenvalue weighted by Crippen LogP contribution is 2.29. The van der Waals surface area contributed by atoms with Crippen molar-refractivity contribution in [3.05, 3.63) is 124 Å². The van der Waals surface area contributed by atoms with Crippen LogP contribution >= 0.6 is 0 Å². The van der Waals surface area contributed by atoms with Crippen LogP contribution < -0.4 is 0 Å². The molecule has 0 atom stereocenters. The van der Waals surface area contributed by atoms with Crippen molar-refractivity contribution in [1.82, 2.24) is 0 Å². The van der Waals surface area contributed by atoms with Crippen LogP contribution in [0.15, 0.2) is 78.6 Å². The number of benzene rings is 4. The maximum absolute atomic E-state index is 14.7. The van der Waals surface area contributed by atoms with Gasteiger partial charge in [-0.15, -0.1) is 0 Å². The Morgan fingerprint density at radius 2 is 1.00 bits per heavy atom. The van der Waals surface area contributed by atoms with Crippen molar-refractivity contribution in [3.8, 4) is 22.3 Å². The zero-order valence-corrected chi connectivity index (χ0v) is 19.0. The van der Waals surface area contributed by atoms with Crippen molar-refractivity contribution in [1.29, 1.82) is 0 Å². The molecule has 0 saturated heterocycles. The third kappa shape index (κ3) is 5.35. The first-order valence-electron chi connectivity index (χ1n) is 11.0. The molecule has 0 saturated carbocycles. The molecule has 0 heterocycles. The SMILES string of the molecule is C/C(F)=C(\F)c1ccc(-c2cc(F)c(CCc3ccc(-c4cc(F)c(F)c(F)c4)cc3)c(F)c2)cc1. The van der Waals surface area contributed by atoms with Gasteiger partial charge in [0.05, 0.1) is 0 Å². The van der Waals surface area contributed by atoms with Gasteiger partial charge in [0.2, 0.25) is 0 Å². The highest BCUT2D eigenvalue weighted by molar-refractivity contribution is 5.69. The molecule has 0 aliphatic heterocycles. The van der Waals surface area contributed by atoms with E-state index in [0.29, 0.717) is 17.5 Å². The number of allylic oxidation sites excluding steroid dienone is 1. The molecular weight excluding hydrogens is 481 g/mol. The molecule has 0 aliphatic carbocycles. The van der Waals surface area contributed by atoms with Crippen molar-refractivity contribution in [3.63, 3.8) is 0 Å². The summed E-state index contributed by atoms with van der Waals surface area (Å²) in [6.45, 7) is 0.995. The van der Waals surface area contributed by atoms with Crippen molar-refractivity contribution in [2.45, 2.75) is 19.8 Å². The fourth-order valence-corrected chi connectivity index (χ4v) is 3.87. The van der Waals surface area contributed by atoms with Gasteiger partial charge in [0, 0.05) is 11.1 Å². The molecule has 4 aromatic rings. The van der Waals surface area contributed by atoms with E-state index < -0.39 is 40.7 Å². The molecule has 0 unspecified atom stereocenters. The van der Waals surface area contributed by atoms with Crippen LogP contribution in [0.1, 0.15) is 23.6 Å². The predicted molar refractivity (Wildman–Crippen MR) is 126 cm³/mol. The first kappa shape index (κ1) is 25.2. The summed E-state index contributed by atoms with van der Waals surface area (Å²) < 4.78 is 96.4. The van der Waals surface area contributed by atoms with Gasteiger partial charge in [-0.3, -0.25) is 0 Å². The van der Waals surface area contributed by atoms with Gasteiger partial charge >= 0.3 is 0 Å². The molecule has 0 spiro atoms. The van der Waals surface area contributed by atoms with Crippen LogP contribution in [0.2, 0.25) is 0 Å². The lowest BCUT2D eigenvalue weighted by Gasteiger charge is -2.10. The lowest BCUT2D eigenvalue weighted by molar-refractivity contribution is 0.448. The third-order valence-electron chi connectivity index (χ3n) is 5.85. The Morgan fingerprint density at radius 3 is 1.47 bits per heavy atom. The topological polar surface area (TPSA) is 0 Å². The molecule has 0 fully saturated rings. The lowest BCUT2D eigenvalue weighted by atomic mass is 9.97. The van der Waals surface area contributed by atoms with Gasteiger partial charge in [-0.1, -0.05) is 48.5 Å². The summed E-state index contributed by atoms with van der Waals surface area (Å²) in [5.41, 5.74) is 1.97. The molecule has 0 radical (unpaired) electrons. The summed E-state index contributed by atoms with van der Waals surface area (Å²) >= 11 is 0. The van der Waals surface area contributed by atoms with Crippen molar-refractivity contribution in [2.24, 2.45) is 0 Å². The molecule has 184 valence electrons. The molecule has 0 nitrogen and oxygen atoms in total. The number of rotatable bonds is 6. The Labute approximate surface area is 203 Å². The Balaban J connectivity index is 1.48. The van der Waals surface area contributed by atoms with E-state index in [0.717, 1.165) is 24.6 Å². The highest BCUT2D eigenvalue weighted by atomic mass is 19.2. The Kier molecular flexibility index (Phi) is 7.29. The third-order valence-corrected chi connectivity index (χ3v) is 5.85. The minimum Gasteiger partial charge on any atom is -0.209 e. The summed E-state index contributed by atoms with van der Waals surface area (Å²) in [6.07, 6.45) is 0.352. The van der Waals surface area contributed by atoms with E-state index in [2.05, 4.69) is 0 Å². The van der Waals surface area contributed by atoms with Crippen molar-refractivity contribution < 1.29 is 30.7 Å². The molecule has 0 N–H and O–H groups in total. The van der Waals surface area contributed by atoms with Crippen molar-refractivity contribution >= 4 is 5.83 Å². The number of aryl methyl sites for hydroxylation is 1. The van der Waals surface area contributed by atoms with Crippen LogP contribution in [0, 0.1) is 29.1 Å². The van der Waals surface area contributed by atoms with E-state index in [9.17, 15) is 30.7 Å². The standard InChI is InChI=1S/C29H19F7/c1-16(30)28(35)20-9-7-19(8-10-20)21-12-24(31)23(25(32)13-21)11-4-17-2-5-18(6-3-17)22-14-26(33)29(36)27(34)15-22/h2-3,5-10,12-15H,4,11H2,1H3/b28-16+. The van der Waals surface area contributed by atoms with E-state index in [-0.39, 0.29) is 28.7 Å². The maximum atomic E-state index is 14.7. The summed E-state index contributed by atoms with van der Waals surface area (Å²) in [4.78, 5) is 0. The first-order valence-corrected chi connectivity index (χ1v) is 11.0. The zero-order chi connectivity index (χ0) is 26.0. The van der Waals surface area contributed by atoms with Crippen LogP contribution in [0.4, 0.5) is 30.7 Å². The number of hydrogen-bond donors (Lipinski definition) is 0. The van der Waals surface area contributed by atoms with Gasteiger partial charge in [0.25, 0.3) is 0 Å². The zero-order valence-electron chi connectivity index (χ0n) is 19.0. The molecule has 0 amide bonds. The Morgan fingerprint density at radius 1 is 0.556 bits per heavy atom.